The Balaban J connectivity index is 1.39. The Labute approximate surface area is 160 Å². The molecule has 4 nitrogen and oxygen atoms in total. The first-order valence-corrected chi connectivity index (χ1v) is 9.22. The highest BCUT2D eigenvalue weighted by Crippen LogP contribution is 2.26. The first kappa shape index (κ1) is 18.8. The fourth-order valence-corrected chi connectivity index (χ4v) is 2.61. The summed E-state index contributed by atoms with van der Waals surface area (Å²) >= 11 is 0. The van der Waals surface area contributed by atoms with Gasteiger partial charge in [0.1, 0.15) is 18.1 Å². The lowest BCUT2D eigenvalue weighted by molar-refractivity contribution is 0.275. The molecule has 3 aromatic carbocycles. The van der Waals surface area contributed by atoms with Gasteiger partial charge < -0.3 is 19.5 Å². The second kappa shape index (κ2) is 10.2. The molecule has 0 saturated heterocycles. The van der Waals surface area contributed by atoms with Crippen LogP contribution in [0.1, 0.15) is 12.5 Å². The molecule has 140 valence electrons. The minimum absolute atomic E-state index is 0.583. The summed E-state index contributed by atoms with van der Waals surface area (Å²) in [5.74, 6) is 3.24. The Hall–Kier alpha value is -2.98. The van der Waals surface area contributed by atoms with E-state index in [0.717, 1.165) is 36.1 Å². The van der Waals surface area contributed by atoms with Crippen molar-refractivity contribution in [2.75, 3.05) is 19.8 Å². The molecule has 0 aromatic heterocycles. The summed E-state index contributed by atoms with van der Waals surface area (Å²) in [5.41, 5.74) is 1.20. The van der Waals surface area contributed by atoms with Crippen molar-refractivity contribution in [3.05, 3.63) is 84.4 Å². The molecule has 0 aliphatic carbocycles. The lowest BCUT2D eigenvalue weighted by Gasteiger charge is -2.12. The Morgan fingerprint density at radius 1 is 0.704 bits per heavy atom. The largest absolute Gasteiger partial charge is 0.490 e. The summed E-state index contributed by atoms with van der Waals surface area (Å²) in [4.78, 5) is 0. The van der Waals surface area contributed by atoms with Crippen molar-refractivity contribution in [3.63, 3.8) is 0 Å². The third-order valence-corrected chi connectivity index (χ3v) is 3.92. The normalized spacial score (nSPS) is 10.4. The van der Waals surface area contributed by atoms with E-state index in [0.29, 0.717) is 13.2 Å². The highest BCUT2D eigenvalue weighted by molar-refractivity contribution is 5.39. The molecule has 3 rings (SSSR count). The third kappa shape index (κ3) is 6.04. The molecule has 0 bridgehead atoms. The average Bonchev–Trinajstić information content (AvgIpc) is 2.71. The summed E-state index contributed by atoms with van der Waals surface area (Å²) in [7, 11) is 0. The molecule has 0 unspecified atom stereocenters. The fourth-order valence-electron chi connectivity index (χ4n) is 2.61. The number of nitrogens with one attached hydrogen (secondary N) is 1. The van der Waals surface area contributed by atoms with E-state index >= 15 is 0 Å². The topological polar surface area (TPSA) is 39.7 Å². The Kier molecular flexibility index (Phi) is 7.13. The van der Waals surface area contributed by atoms with Crippen LogP contribution >= 0.6 is 0 Å². The number of rotatable bonds is 10. The summed E-state index contributed by atoms with van der Waals surface area (Å²) in [5, 5.41) is 3.39. The maximum atomic E-state index is 5.81. The van der Waals surface area contributed by atoms with Crippen molar-refractivity contribution in [2.24, 2.45) is 0 Å². The minimum Gasteiger partial charge on any atom is -0.490 e. The van der Waals surface area contributed by atoms with Crippen molar-refractivity contribution in [1.82, 2.24) is 5.32 Å². The van der Waals surface area contributed by atoms with Gasteiger partial charge in [-0.2, -0.15) is 0 Å². The predicted octanol–water partition coefficient (Wildman–Crippen LogP) is 5.05. The van der Waals surface area contributed by atoms with Crippen LogP contribution in [-0.4, -0.2) is 19.8 Å². The van der Waals surface area contributed by atoms with Crippen LogP contribution in [0.15, 0.2) is 78.9 Å². The van der Waals surface area contributed by atoms with Gasteiger partial charge in [-0.1, -0.05) is 42.5 Å². The van der Waals surface area contributed by atoms with Gasteiger partial charge >= 0.3 is 0 Å². The lowest BCUT2D eigenvalue weighted by Crippen LogP contribution is -2.20. The van der Waals surface area contributed by atoms with Crippen molar-refractivity contribution in [1.29, 1.82) is 0 Å². The summed E-state index contributed by atoms with van der Waals surface area (Å²) in [6, 6.07) is 25.6. The van der Waals surface area contributed by atoms with E-state index in [1.165, 1.54) is 5.56 Å². The third-order valence-electron chi connectivity index (χ3n) is 3.92. The minimum atomic E-state index is 0.583. The monoisotopic (exact) mass is 363 g/mol. The molecule has 0 amide bonds. The zero-order valence-electron chi connectivity index (χ0n) is 15.6. The molecule has 0 aliphatic heterocycles. The number of ether oxygens (including phenoxy) is 3. The first-order chi connectivity index (χ1) is 13.3. The molecular formula is C23H25NO3. The molecule has 1 N–H and O–H groups in total. The molecular weight excluding hydrogens is 338 g/mol. The van der Waals surface area contributed by atoms with E-state index in [2.05, 4.69) is 17.4 Å². The van der Waals surface area contributed by atoms with E-state index in [4.69, 9.17) is 14.2 Å². The fraction of sp³-hybridized carbons (Fsp3) is 0.217. The van der Waals surface area contributed by atoms with Crippen LogP contribution in [0.25, 0.3) is 0 Å². The first-order valence-electron chi connectivity index (χ1n) is 9.22. The molecule has 0 fully saturated rings. The summed E-state index contributed by atoms with van der Waals surface area (Å²) < 4.78 is 17.2. The maximum Gasteiger partial charge on any atom is 0.161 e. The van der Waals surface area contributed by atoms with Gasteiger partial charge in [0, 0.05) is 13.1 Å². The van der Waals surface area contributed by atoms with E-state index in [1.54, 1.807) is 0 Å². The van der Waals surface area contributed by atoms with Gasteiger partial charge in [-0.3, -0.25) is 0 Å². The number of hydrogen-bond donors (Lipinski definition) is 1. The molecule has 0 heterocycles. The van der Waals surface area contributed by atoms with Crippen LogP contribution in [0.3, 0.4) is 0 Å². The predicted molar refractivity (Wildman–Crippen MR) is 108 cm³/mol. The van der Waals surface area contributed by atoms with Crippen molar-refractivity contribution in [2.45, 2.75) is 13.5 Å². The zero-order chi connectivity index (χ0) is 18.7. The smallest absolute Gasteiger partial charge is 0.161 e. The molecule has 0 radical (unpaired) electrons. The molecule has 0 saturated carbocycles. The van der Waals surface area contributed by atoms with Gasteiger partial charge in [-0.25, -0.2) is 0 Å². The maximum absolute atomic E-state index is 5.81. The van der Waals surface area contributed by atoms with E-state index in [1.807, 2.05) is 73.7 Å². The Morgan fingerprint density at radius 3 is 2.04 bits per heavy atom. The van der Waals surface area contributed by atoms with Crippen LogP contribution < -0.4 is 19.5 Å². The van der Waals surface area contributed by atoms with Gasteiger partial charge in [0.15, 0.2) is 11.5 Å². The van der Waals surface area contributed by atoms with Crippen molar-refractivity contribution < 1.29 is 14.2 Å². The zero-order valence-corrected chi connectivity index (χ0v) is 15.6. The number of hydrogen-bond acceptors (Lipinski definition) is 4. The standard InChI is InChI=1S/C23H25NO3/c1-2-25-22-10-6-7-11-23(22)26-17-16-24-18-19-12-14-21(15-13-19)27-20-8-4-3-5-9-20/h3-15,24H,2,16-18H2,1H3. The molecule has 4 heteroatoms. The molecule has 0 spiro atoms. The average molecular weight is 363 g/mol. The summed E-state index contributed by atoms with van der Waals surface area (Å²) in [6.45, 7) is 4.71. The molecule has 3 aromatic rings. The van der Waals surface area contributed by atoms with E-state index in [-0.39, 0.29) is 0 Å². The van der Waals surface area contributed by atoms with Crippen LogP contribution in [0, 0.1) is 0 Å². The van der Waals surface area contributed by atoms with Crippen molar-refractivity contribution >= 4 is 0 Å². The quantitative estimate of drug-likeness (QED) is 0.512. The number of para-hydroxylation sites is 3. The van der Waals surface area contributed by atoms with Crippen LogP contribution in [0.2, 0.25) is 0 Å². The lowest BCUT2D eigenvalue weighted by atomic mass is 10.2. The van der Waals surface area contributed by atoms with Gasteiger partial charge in [0.25, 0.3) is 0 Å². The highest BCUT2D eigenvalue weighted by atomic mass is 16.5. The summed E-state index contributed by atoms with van der Waals surface area (Å²) in [6.07, 6.45) is 0. The SMILES string of the molecule is CCOc1ccccc1OCCNCc1ccc(Oc2ccccc2)cc1. The van der Waals surface area contributed by atoms with Gasteiger partial charge in [0.05, 0.1) is 6.61 Å². The van der Waals surface area contributed by atoms with Gasteiger partial charge in [-0.05, 0) is 48.9 Å². The van der Waals surface area contributed by atoms with Gasteiger partial charge in [-0.15, -0.1) is 0 Å². The van der Waals surface area contributed by atoms with Crippen LogP contribution in [-0.2, 0) is 6.54 Å². The van der Waals surface area contributed by atoms with E-state index in [9.17, 15) is 0 Å². The Morgan fingerprint density at radius 2 is 1.33 bits per heavy atom. The highest BCUT2D eigenvalue weighted by Gasteiger charge is 2.03. The number of benzene rings is 3. The molecule has 27 heavy (non-hydrogen) atoms. The Bertz CT molecular complexity index is 803. The second-order valence-electron chi connectivity index (χ2n) is 5.96. The molecule has 0 atom stereocenters. The second-order valence-corrected chi connectivity index (χ2v) is 5.96. The molecule has 0 aliphatic rings. The van der Waals surface area contributed by atoms with Crippen molar-refractivity contribution in [3.8, 4) is 23.0 Å². The van der Waals surface area contributed by atoms with E-state index < -0.39 is 0 Å². The van der Waals surface area contributed by atoms with Gasteiger partial charge in [0.2, 0.25) is 0 Å². The van der Waals surface area contributed by atoms with Crippen LogP contribution in [0.4, 0.5) is 0 Å². The van der Waals surface area contributed by atoms with Crippen LogP contribution in [0.5, 0.6) is 23.0 Å².